The van der Waals surface area contributed by atoms with Gasteiger partial charge in [-0.05, 0) is 31.2 Å². The number of fused-ring (bicyclic) bond motifs is 1. The standard InChI is InChI=1S/C17H19N3O3/c1-17(16(22)18-2)11-20(8-9-23-17)15(21)13-5-6-14-12(10-13)4-3-7-19-14/h3-7,10H,8-9,11H2,1-2H3,(H,18,22)/t17-/m0/s1. The van der Waals surface area contributed by atoms with Gasteiger partial charge in [-0.3, -0.25) is 14.6 Å². The molecule has 0 aliphatic carbocycles. The Labute approximate surface area is 134 Å². The molecule has 120 valence electrons. The Bertz CT molecular complexity index is 762. The smallest absolute Gasteiger partial charge is 0.254 e. The van der Waals surface area contributed by atoms with Crippen molar-refractivity contribution in [3.8, 4) is 0 Å². The maximum absolute atomic E-state index is 12.8. The predicted molar refractivity (Wildman–Crippen MR) is 86.1 cm³/mol. The number of nitrogens with one attached hydrogen (secondary N) is 1. The average Bonchev–Trinajstić information content (AvgIpc) is 2.60. The highest BCUT2D eigenvalue weighted by atomic mass is 16.5. The molecule has 1 aliphatic rings. The van der Waals surface area contributed by atoms with E-state index in [0.717, 1.165) is 10.9 Å². The molecule has 2 amide bonds. The van der Waals surface area contributed by atoms with Crippen LogP contribution in [-0.2, 0) is 9.53 Å². The number of carbonyl (C=O) groups is 2. The number of likely N-dealkylation sites (N-methyl/N-ethyl adjacent to an activating group) is 1. The lowest BCUT2D eigenvalue weighted by Gasteiger charge is -2.39. The predicted octanol–water partition coefficient (Wildman–Crippen LogP) is 1.21. The van der Waals surface area contributed by atoms with Gasteiger partial charge in [-0.25, -0.2) is 0 Å². The van der Waals surface area contributed by atoms with E-state index in [1.54, 1.807) is 31.1 Å². The van der Waals surface area contributed by atoms with Gasteiger partial charge in [0.2, 0.25) is 0 Å². The first-order valence-electron chi connectivity index (χ1n) is 7.54. The molecule has 23 heavy (non-hydrogen) atoms. The largest absolute Gasteiger partial charge is 0.362 e. The molecule has 1 saturated heterocycles. The highest BCUT2D eigenvalue weighted by Gasteiger charge is 2.40. The Morgan fingerprint density at radius 3 is 2.96 bits per heavy atom. The third-order valence-electron chi connectivity index (χ3n) is 4.12. The molecule has 0 spiro atoms. The van der Waals surface area contributed by atoms with Crippen LogP contribution in [0.25, 0.3) is 10.9 Å². The number of rotatable bonds is 2. The zero-order valence-electron chi connectivity index (χ0n) is 13.2. The summed E-state index contributed by atoms with van der Waals surface area (Å²) < 4.78 is 5.59. The molecule has 6 nitrogen and oxygen atoms in total. The van der Waals surface area contributed by atoms with E-state index in [9.17, 15) is 9.59 Å². The topological polar surface area (TPSA) is 71.5 Å². The lowest BCUT2D eigenvalue weighted by molar-refractivity contribution is -0.153. The zero-order chi connectivity index (χ0) is 16.4. The Balaban J connectivity index is 1.85. The van der Waals surface area contributed by atoms with Gasteiger partial charge in [0, 0.05) is 30.7 Å². The molecule has 1 atom stereocenters. The minimum absolute atomic E-state index is 0.103. The maximum atomic E-state index is 12.8. The highest BCUT2D eigenvalue weighted by molar-refractivity contribution is 5.98. The molecule has 0 radical (unpaired) electrons. The summed E-state index contributed by atoms with van der Waals surface area (Å²) in [6.45, 7) is 2.74. The number of hydrogen-bond donors (Lipinski definition) is 1. The summed E-state index contributed by atoms with van der Waals surface area (Å²) in [4.78, 5) is 30.7. The van der Waals surface area contributed by atoms with Crippen molar-refractivity contribution in [3.05, 3.63) is 42.1 Å². The maximum Gasteiger partial charge on any atom is 0.254 e. The molecule has 1 N–H and O–H groups in total. The highest BCUT2D eigenvalue weighted by Crippen LogP contribution is 2.21. The van der Waals surface area contributed by atoms with Gasteiger partial charge in [0.25, 0.3) is 11.8 Å². The van der Waals surface area contributed by atoms with Crippen LogP contribution in [0.5, 0.6) is 0 Å². The number of nitrogens with zero attached hydrogens (tertiary/aromatic N) is 2. The van der Waals surface area contributed by atoms with Crippen molar-refractivity contribution >= 4 is 22.7 Å². The second kappa shape index (κ2) is 5.96. The number of carbonyl (C=O) groups excluding carboxylic acids is 2. The molecule has 1 fully saturated rings. The molecule has 1 aromatic carbocycles. The summed E-state index contributed by atoms with van der Waals surface area (Å²) in [5, 5.41) is 3.51. The van der Waals surface area contributed by atoms with Crippen molar-refractivity contribution in [2.75, 3.05) is 26.7 Å². The van der Waals surface area contributed by atoms with Crippen LogP contribution in [-0.4, -0.2) is 54.0 Å². The van der Waals surface area contributed by atoms with Crippen molar-refractivity contribution < 1.29 is 14.3 Å². The normalized spacial score (nSPS) is 21.2. The van der Waals surface area contributed by atoms with E-state index in [2.05, 4.69) is 10.3 Å². The number of morpholine rings is 1. The van der Waals surface area contributed by atoms with Crippen LogP contribution in [0.3, 0.4) is 0 Å². The van der Waals surface area contributed by atoms with Crippen LogP contribution < -0.4 is 5.32 Å². The third-order valence-corrected chi connectivity index (χ3v) is 4.12. The molecule has 0 unspecified atom stereocenters. The number of aromatic nitrogens is 1. The Hall–Kier alpha value is -2.47. The lowest BCUT2D eigenvalue weighted by atomic mass is 10.0. The van der Waals surface area contributed by atoms with E-state index in [4.69, 9.17) is 4.74 Å². The number of benzene rings is 1. The second-order valence-corrected chi connectivity index (χ2v) is 5.80. The Morgan fingerprint density at radius 1 is 1.35 bits per heavy atom. The summed E-state index contributed by atoms with van der Waals surface area (Å²) in [7, 11) is 1.56. The monoisotopic (exact) mass is 313 g/mol. The fourth-order valence-corrected chi connectivity index (χ4v) is 2.84. The van der Waals surface area contributed by atoms with Crippen molar-refractivity contribution in [2.45, 2.75) is 12.5 Å². The van der Waals surface area contributed by atoms with Crippen molar-refractivity contribution in [1.82, 2.24) is 15.2 Å². The first-order chi connectivity index (χ1) is 11.0. The molecule has 0 bridgehead atoms. The summed E-state index contributed by atoms with van der Waals surface area (Å²) in [5.41, 5.74) is 0.425. The van der Waals surface area contributed by atoms with E-state index >= 15 is 0 Å². The average molecular weight is 313 g/mol. The molecule has 1 aliphatic heterocycles. The molecular weight excluding hydrogens is 294 g/mol. The first kappa shape index (κ1) is 15.4. The van der Waals surface area contributed by atoms with E-state index in [0.29, 0.717) is 18.7 Å². The number of ether oxygens (including phenoxy) is 1. The Morgan fingerprint density at radius 2 is 2.17 bits per heavy atom. The minimum atomic E-state index is -1.01. The van der Waals surface area contributed by atoms with E-state index in [1.807, 2.05) is 24.3 Å². The van der Waals surface area contributed by atoms with Crippen LogP contribution in [0, 0.1) is 0 Å². The van der Waals surface area contributed by atoms with Gasteiger partial charge in [0.15, 0.2) is 5.60 Å². The van der Waals surface area contributed by atoms with E-state index < -0.39 is 5.60 Å². The molecular formula is C17H19N3O3. The van der Waals surface area contributed by atoms with Crippen LogP contribution in [0.2, 0.25) is 0 Å². The van der Waals surface area contributed by atoms with Gasteiger partial charge in [-0.1, -0.05) is 6.07 Å². The van der Waals surface area contributed by atoms with Crippen LogP contribution in [0.4, 0.5) is 0 Å². The second-order valence-electron chi connectivity index (χ2n) is 5.80. The van der Waals surface area contributed by atoms with Crippen molar-refractivity contribution in [2.24, 2.45) is 0 Å². The molecule has 2 aromatic rings. The summed E-state index contributed by atoms with van der Waals surface area (Å²) >= 11 is 0. The zero-order valence-corrected chi connectivity index (χ0v) is 13.2. The van der Waals surface area contributed by atoms with Gasteiger partial charge >= 0.3 is 0 Å². The van der Waals surface area contributed by atoms with E-state index in [1.165, 1.54) is 0 Å². The van der Waals surface area contributed by atoms with Gasteiger partial charge < -0.3 is 15.0 Å². The molecule has 0 saturated carbocycles. The number of amides is 2. The van der Waals surface area contributed by atoms with Gasteiger partial charge in [-0.15, -0.1) is 0 Å². The SMILES string of the molecule is CNC(=O)[C@]1(C)CN(C(=O)c2ccc3ncccc3c2)CCO1. The lowest BCUT2D eigenvalue weighted by Crippen LogP contribution is -2.58. The minimum Gasteiger partial charge on any atom is -0.362 e. The number of pyridine rings is 1. The van der Waals surface area contributed by atoms with Gasteiger partial charge in [0.1, 0.15) is 0 Å². The third kappa shape index (κ3) is 2.90. The molecule has 3 rings (SSSR count). The van der Waals surface area contributed by atoms with Crippen molar-refractivity contribution in [3.63, 3.8) is 0 Å². The molecule has 1 aromatic heterocycles. The van der Waals surface area contributed by atoms with Crippen LogP contribution >= 0.6 is 0 Å². The van der Waals surface area contributed by atoms with Gasteiger partial charge in [-0.2, -0.15) is 0 Å². The first-order valence-corrected chi connectivity index (χ1v) is 7.54. The summed E-state index contributed by atoms with van der Waals surface area (Å²) in [5.74, 6) is -0.327. The number of hydrogen-bond acceptors (Lipinski definition) is 4. The van der Waals surface area contributed by atoms with E-state index in [-0.39, 0.29) is 18.4 Å². The molecule has 6 heteroatoms. The van der Waals surface area contributed by atoms with Crippen LogP contribution in [0.1, 0.15) is 17.3 Å². The fourth-order valence-electron chi connectivity index (χ4n) is 2.84. The Kier molecular flexibility index (Phi) is 4.00. The quantitative estimate of drug-likeness (QED) is 0.905. The van der Waals surface area contributed by atoms with Gasteiger partial charge in [0.05, 0.1) is 18.7 Å². The van der Waals surface area contributed by atoms with Crippen molar-refractivity contribution in [1.29, 1.82) is 0 Å². The summed E-state index contributed by atoms with van der Waals surface area (Å²) in [6, 6.07) is 9.20. The molecule has 2 heterocycles. The summed E-state index contributed by atoms with van der Waals surface area (Å²) in [6.07, 6.45) is 1.72. The fraction of sp³-hybridized carbons (Fsp3) is 0.353. The van der Waals surface area contributed by atoms with Crippen LogP contribution in [0.15, 0.2) is 36.5 Å².